The number of aliphatic imine (C=N–C) groups is 1. The monoisotopic (exact) mass is 183 g/mol. The van der Waals surface area contributed by atoms with Crippen molar-refractivity contribution in [1.29, 1.82) is 0 Å². The van der Waals surface area contributed by atoms with E-state index in [4.69, 9.17) is 0 Å². The van der Waals surface area contributed by atoms with E-state index >= 15 is 0 Å². The highest BCUT2D eigenvalue weighted by atomic mass is 15.2. The van der Waals surface area contributed by atoms with Gasteiger partial charge in [0, 0.05) is 13.1 Å². The molecule has 0 aromatic heterocycles. The van der Waals surface area contributed by atoms with Gasteiger partial charge in [-0.3, -0.25) is 9.89 Å². The van der Waals surface area contributed by atoms with Crippen LogP contribution in [0.1, 0.15) is 26.7 Å². The molecule has 1 aliphatic rings. The first-order valence-electron chi connectivity index (χ1n) is 5.36. The van der Waals surface area contributed by atoms with Crippen LogP contribution in [-0.2, 0) is 0 Å². The summed E-state index contributed by atoms with van der Waals surface area (Å²) in [5.74, 6) is 1.18. The van der Waals surface area contributed by atoms with Gasteiger partial charge in [0.2, 0.25) is 0 Å². The van der Waals surface area contributed by atoms with E-state index in [2.05, 4.69) is 29.1 Å². The Bertz CT molecular complexity index is 166. The normalized spacial score (nSPS) is 17.0. The van der Waals surface area contributed by atoms with Crippen LogP contribution in [0.5, 0.6) is 0 Å². The minimum absolute atomic E-state index is 1.00. The molecule has 13 heavy (non-hydrogen) atoms. The van der Waals surface area contributed by atoms with Crippen molar-refractivity contribution in [3.8, 4) is 0 Å². The average Bonchev–Trinajstić information content (AvgIpc) is 2.19. The van der Waals surface area contributed by atoms with Crippen LogP contribution >= 0.6 is 0 Å². The SMILES string of the molecule is CCCN(CC)CC1=NCCCN1. The average molecular weight is 183 g/mol. The van der Waals surface area contributed by atoms with Gasteiger partial charge in [0.15, 0.2) is 0 Å². The van der Waals surface area contributed by atoms with Crippen LogP contribution < -0.4 is 5.32 Å². The first kappa shape index (κ1) is 10.5. The molecular weight excluding hydrogens is 162 g/mol. The van der Waals surface area contributed by atoms with E-state index in [-0.39, 0.29) is 0 Å². The summed E-state index contributed by atoms with van der Waals surface area (Å²) in [6.45, 7) is 9.84. The van der Waals surface area contributed by atoms with Crippen molar-refractivity contribution in [2.45, 2.75) is 26.7 Å². The van der Waals surface area contributed by atoms with E-state index in [9.17, 15) is 0 Å². The molecule has 76 valence electrons. The molecule has 0 amide bonds. The maximum atomic E-state index is 4.46. The van der Waals surface area contributed by atoms with Gasteiger partial charge in [-0.15, -0.1) is 0 Å². The molecule has 0 atom stereocenters. The molecule has 0 saturated carbocycles. The van der Waals surface area contributed by atoms with Crippen molar-refractivity contribution >= 4 is 5.84 Å². The molecule has 0 spiro atoms. The van der Waals surface area contributed by atoms with Crippen LogP contribution in [0.15, 0.2) is 4.99 Å². The highest BCUT2D eigenvalue weighted by Crippen LogP contribution is 1.95. The fourth-order valence-corrected chi connectivity index (χ4v) is 1.56. The summed E-state index contributed by atoms with van der Waals surface area (Å²) in [6, 6.07) is 0. The summed E-state index contributed by atoms with van der Waals surface area (Å²) in [7, 11) is 0. The van der Waals surface area contributed by atoms with E-state index in [1.807, 2.05) is 0 Å². The molecule has 0 bridgehead atoms. The van der Waals surface area contributed by atoms with Crippen molar-refractivity contribution in [2.75, 3.05) is 32.7 Å². The second-order valence-corrected chi connectivity index (χ2v) is 3.48. The second kappa shape index (κ2) is 5.97. The van der Waals surface area contributed by atoms with Gasteiger partial charge in [-0.25, -0.2) is 0 Å². The third-order valence-electron chi connectivity index (χ3n) is 2.33. The first-order chi connectivity index (χ1) is 6.36. The Labute approximate surface area is 81.2 Å². The van der Waals surface area contributed by atoms with Gasteiger partial charge >= 0.3 is 0 Å². The van der Waals surface area contributed by atoms with Crippen LogP contribution in [0.3, 0.4) is 0 Å². The van der Waals surface area contributed by atoms with Gasteiger partial charge in [-0.05, 0) is 25.9 Å². The van der Waals surface area contributed by atoms with Crippen molar-refractivity contribution in [1.82, 2.24) is 10.2 Å². The molecule has 3 nitrogen and oxygen atoms in total. The summed E-state index contributed by atoms with van der Waals surface area (Å²) in [5.41, 5.74) is 0. The van der Waals surface area contributed by atoms with Crippen molar-refractivity contribution < 1.29 is 0 Å². The lowest BCUT2D eigenvalue weighted by Crippen LogP contribution is -2.40. The zero-order valence-electron chi connectivity index (χ0n) is 8.84. The molecule has 0 aromatic rings. The minimum atomic E-state index is 1.00. The van der Waals surface area contributed by atoms with Crippen molar-refractivity contribution in [3.05, 3.63) is 0 Å². The fraction of sp³-hybridized carbons (Fsp3) is 0.900. The zero-order valence-corrected chi connectivity index (χ0v) is 8.84. The molecule has 0 fully saturated rings. The van der Waals surface area contributed by atoms with Crippen LogP contribution in [-0.4, -0.2) is 43.5 Å². The molecular formula is C10H21N3. The smallest absolute Gasteiger partial charge is 0.111 e. The molecule has 1 heterocycles. The quantitative estimate of drug-likeness (QED) is 0.691. The zero-order chi connectivity index (χ0) is 9.52. The number of hydrogen-bond acceptors (Lipinski definition) is 3. The number of amidine groups is 1. The molecule has 0 unspecified atom stereocenters. The number of nitrogens with one attached hydrogen (secondary N) is 1. The van der Waals surface area contributed by atoms with Gasteiger partial charge in [-0.1, -0.05) is 13.8 Å². The first-order valence-corrected chi connectivity index (χ1v) is 5.36. The topological polar surface area (TPSA) is 27.6 Å². The Hall–Kier alpha value is -0.570. The lowest BCUT2D eigenvalue weighted by molar-refractivity contribution is 0.325. The largest absolute Gasteiger partial charge is 0.373 e. The Balaban J connectivity index is 2.31. The van der Waals surface area contributed by atoms with Crippen molar-refractivity contribution in [2.24, 2.45) is 4.99 Å². The maximum Gasteiger partial charge on any atom is 0.111 e. The number of likely N-dealkylation sites (N-methyl/N-ethyl adjacent to an activating group) is 1. The number of rotatable bonds is 5. The Kier molecular flexibility index (Phi) is 4.83. The lowest BCUT2D eigenvalue weighted by Gasteiger charge is -2.23. The predicted octanol–water partition coefficient (Wildman–Crippen LogP) is 1.11. The Morgan fingerprint density at radius 3 is 2.85 bits per heavy atom. The molecule has 3 heteroatoms. The van der Waals surface area contributed by atoms with Gasteiger partial charge in [0.05, 0.1) is 6.54 Å². The van der Waals surface area contributed by atoms with Gasteiger partial charge in [0.1, 0.15) is 5.84 Å². The molecule has 1 N–H and O–H groups in total. The van der Waals surface area contributed by atoms with E-state index < -0.39 is 0 Å². The highest BCUT2D eigenvalue weighted by molar-refractivity contribution is 5.84. The second-order valence-electron chi connectivity index (χ2n) is 3.48. The van der Waals surface area contributed by atoms with E-state index in [1.165, 1.54) is 25.2 Å². The van der Waals surface area contributed by atoms with Crippen LogP contribution in [0.4, 0.5) is 0 Å². The Morgan fingerprint density at radius 1 is 1.46 bits per heavy atom. The van der Waals surface area contributed by atoms with Crippen LogP contribution in [0.2, 0.25) is 0 Å². The summed E-state index contributed by atoms with van der Waals surface area (Å²) in [6.07, 6.45) is 2.41. The van der Waals surface area contributed by atoms with Gasteiger partial charge < -0.3 is 5.32 Å². The number of nitrogens with zero attached hydrogens (tertiary/aromatic N) is 2. The van der Waals surface area contributed by atoms with Crippen molar-refractivity contribution in [3.63, 3.8) is 0 Å². The van der Waals surface area contributed by atoms with E-state index in [1.54, 1.807) is 0 Å². The summed E-state index contributed by atoms with van der Waals surface area (Å²) >= 11 is 0. The molecule has 0 radical (unpaired) electrons. The maximum absolute atomic E-state index is 4.46. The van der Waals surface area contributed by atoms with Crippen LogP contribution in [0, 0.1) is 0 Å². The molecule has 1 aliphatic heterocycles. The predicted molar refractivity (Wildman–Crippen MR) is 57.3 cm³/mol. The van der Waals surface area contributed by atoms with E-state index in [0.29, 0.717) is 0 Å². The third-order valence-corrected chi connectivity index (χ3v) is 2.33. The summed E-state index contributed by atoms with van der Waals surface area (Å²) < 4.78 is 0. The molecule has 1 rings (SSSR count). The standard InChI is InChI=1S/C10H21N3/c1-3-8-13(4-2)9-10-11-6-5-7-12-10/h3-9H2,1-2H3,(H,11,12). The highest BCUT2D eigenvalue weighted by Gasteiger charge is 2.07. The summed E-state index contributed by atoms with van der Waals surface area (Å²) in [5, 5.41) is 3.35. The van der Waals surface area contributed by atoms with Crippen LogP contribution in [0.25, 0.3) is 0 Å². The minimum Gasteiger partial charge on any atom is -0.373 e. The van der Waals surface area contributed by atoms with E-state index in [0.717, 1.165) is 26.2 Å². The molecule has 0 aliphatic carbocycles. The number of hydrogen-bond donors (Lipinski definition) is 1. The lowest BCUT2D eigenvalue weighted by atomic mass is 10.3. The summed E-state index contributed by atoms with van der Waals surface area (Å²) in [4.78, 5) is 6.89. The molecule has 0 aromatic carbocycles. The molecule has 0 saturated heterocycles. The van der Waals surface area contributed by atoms with Gasteiger partial charge in [-0.2, -0.15) is 0 Å². The third kappa shape index (κ3) is 3.77. The van der Waals surface area contributed by atoms with Gasteiger partial charge in [0.25, 0.3) is 0 Å². The Morgan fingerprint density at radius 2 is 2.31 bits per heavy atom. The fourth-order valence-electron chi connectivity index (χ4n) is 1.56.